The number of aryl methyl sites for hydroxylation is 4. The van der Waals surface area contributed by atoms with Crippen LogP contribution in [0.5, 0.6) is 28.7 Å². The van der Waals surface area contributed by atoms with Crippen LogP contribution in [0, 0.1) is 38.4 Å². The fourth-order valence-electron chi connectivity index (χ4n) is 6.05. The van der Waals surface area contributed by atoms with Crippen LogP contribution in [0.25, 0.3) is 0 Å². The highest BCUT2D eigenvalue weighted by atomic mass is 127. The third-order valence-electron chi connectivity index (χ3n) is 8.26. The Hall–Kier alpha value is -2.71. The van der Waals surface area contributed by atoms with E-state index in [1.54, 1.807) is 0 Å². The summed E-state index contributed by atoms with van der Waals surface area (Å²) in [5.41, 5.74) is 10.6. The number of hydrogen-bond donors (Lipinski definition) is 5. The SMILES string of the molecule is Cc1cc(Cc2cc(C)c(O)c(Cc3cc(C)c(O)c(I)c3)c2)c(O)c(Cc2cc(C)c(O)c(Cc3cc(I)c(O)c(I)c3)c2)c1. The highest BCUT2D eigenvalue weighted by Gasteiger charge is 2.17. The van der Waals surface area contributed by atoms with Crippen LogP contribution in [-0.4, -0.2) is 25.5 Å². The molecular weight excluding hydrogens is 917 g/mol. The summed E-state index contributed by atoms with van der Waals surface area (Å²) in [5.74, 6) is 1.31. The maximum atomic E-state index is 11.5. The van der Waals surface area contributed by atoms with Gasteiger partial charge in [-0.2, -0.15) is 0 Å². The lowest BCUT2D eigenvalue weighted by Gasteiger charge is -2.16. The molecule has 0 amide bonds. The number of phenolic OH excluding ortho intramolecular Hbond substituents is 5. The van der Waals surface area contributed by atoms with Gasteiger partial charge in [-0.15, -0.1) is 0 Å². The average molecular weight is 952 g/mol. The van der Waals surface area contributed by atoms with Crippen LogP contribution < -0.4 is 0 Å². The fourth-order valence-corrected chi connectivity index (χ4v) is 8.78. The first-order valence-electron chi connectivity index (χ1n) is 14.8. The normalized spacial score (nSPS) is 11.3. The summed E-state index contributed by atoms with van der Waals surface area (Å²) in [4.78, 5) is 0. The van der Waals surface area contributed by atoms with Gasteiger partial charge in [-0.3, -0.25) is 0 Å². The number of phenols is 5. The first kappa shape index (κ1) is 34.6. The molecule has 0 unspecified atom stereocenters. The monoisotopic (exact) mass is 952 g/mol. The average Bonchev–Trinajstić information content (AvgIpc) is 2.98. The molecule has 0 heterocycles. The van der Waals surface area contributed by atoms with Crippen LogP contribution in [0.4, 0.5) is 0 Å². The molecular formula is C38H35I3O5. The third-order valence-corrected chi connectivity index (χ3v) is 10.7. The molecule has 5 aromatic carbocycles. The second-order valence-electron chi connectivity index (χ2n) is 12.1. The van der Waals surface area contributed by atoms with E-state index in [2.05, 4.69) is 67.8 Å². The molecule has 0 saturated carbocycles. The molecule has 0 aliphatic heterocycles. The van der Waals surface area contributed by atoms with E-state index in [1.165, 1.54) is 0 Å². The van der Waals surface area contributed by atoms with Crippen LogP contribution in [0.1, 0.15) is 66.8 Å². The Morgan fingerprint density at radius 3 is 1.07 bits per heavy atom. The molecule has 0 aliphatic rings. The molecule has 8 heteroatoms. The minimum Gasteiger partial charge on any atom is -0.507 e. The Morgan fingerprint density at radius 2 is 0.674 bits per heavy atom. The molecule has 5 rings (SSSR count). The largest absolute Gasteiger partial charge is 0.507 e. The fraction of sp³-hybridized carbons (Fsp3) is 0.211. The predicted octanol–water partition coefficient (Wildman–Crippen LogP) is 9.63. The molecule has 0 saturated heterocycles. The van der Waals surface area contributed by atoms with Crippen molar-refractivity contribution in [3.05, 3.63) is 138 Å². The van der Waals surface area contributed by atoms with Gasteiger partial charge in [0.2, 0.25) is 0 Å². The highest BCUT2D eigenvalue weighted by Crippen LogP contribution is 2.35. The zero-order valence-corrected chi connectivity index (χ0v) is 32.4. The maximum Gasteiger partial charge on any atom is 0.142 e. The maximum absolute atomic E-state index is 11.5. The van der Waals surface area contributed by atoms with E-state index in [0.29, 0.717) is 25.7 Å². The second-order valence-corrected chi connectivity index (χ2v) is 15.6. The van der Waals surface area contributed by atoms with Gasteiger partial charge in [0.15, 0.2) is 0 Å². The van der Waals surface area contributed by atoms with Crippen molar-refractivity contribution >= 4 is 67.8 Å². The summed E-state index contributed by atoms with van der Waals surface area (Å²) in [5, 5.41) is 53.7. The van der Waals surface area contributed by atoms with Crippen molar-refractivity contribution in [2.75, 3.05) is 0 Å². The van der Waals surface area contributed by atoms with Gasteiger partial charge in [0.05, 0.1) is 10.7 Å². The summed E-state index contributed by atoms with van der Waals surface area (Å²) < 4.78 is 2.31. The summed E-state index contributed by atoms with van der Waals surface area (Å²) >= 11 is 6.36. The second kappa shape index (κ2) is 14.2. The first-order chi connectivity index (χ1) is 21.7. The number of benzene rings is 5. The van der Waals surface area contributed by atoms with Crippen molar-refractivity contribution in [3.8, 4) is 28.7 Å². The molecule has 238 valence electrons. The smallest absolute Gasteiger partial charge is 0.142 e. The molecule has 0 spiro atoms. The van der Waals surface area contributed by atoms with E-state index in [1.807, 2.05) is 88.4 Å². The zero-order chi connectivity index (χ0) is 33.4. The summed E-state index contributed by atoms with van der Waals surface area (Å²) in [7, 11) is 0. The van der Waals surface area contributed by atoms with Crippen molar-refractivity contribution in [2.45, 2.75) is 53.4 Å². The van der Waals surface area contributed by atoms with Gasteiger partial charge in [0.1, 0.15) is 28.7 Å². The minimum atomic E-state index is 0.247. The van der Waals surface area contributed by atoms with Crippen LogP contribution >= 0.6 is 67.8 Å². The Kier molecular flexibility index (Phi) is 10.7. The molecule has 0 aliphatic carbocycles. The third kappa shape index (κ3) is 7.70. The standard InChI is InChI=1S/C38H35I3O5/c1-19-5-27(10-23-7-20(2)34(42)29(12-23)14-25-9-22(4)36(44)31(39)16-25)37(45)28(6-19)11-24-8-21(3)35(43)30(13-24)15-26-17-32(40)38(46)33(41)18-26/h5-9,12-13,16-18,42-46H,10-11,14-15H2,1-4H3. The highest BCUT2D eigenvalue weighted by molar-refractivity contribution is 14.1. The quantitative estimate of drug-likeness (QED) is 0.0999. The van der Waals surface area contributed by atoms with Gasteiger partial charge < -0.3 is 25.5 Å². The molecule has 0 atom stereocenters. The predicted molar refractivity (Wildman–Crippen MR) is 209 cm³/mol. The van der Waals surface area contributed by atoms with Gasteiger partial charge in [0.25, 0.3) is 0 Å². The van der Waals surface area contributed by atoms with Crippen molar-refractivity contribution in [2.24, 2.45) is 0 Å². The van der Waals surface area contributed by atoms with E-state index in [4.69, 9.17) is 0 Å². The van der Waals surface area contributed by atoms with E-state index in [0.717, 1.165) is 77.5 Å². The minimum absolute atomic E-state index is 0.247. The topological polar surface area (TPSA) is 101 Å². The van der Waals surface area contributed by atoms with Gasteiger partial charge in [-0.05, 0) is 175 Å². The summed E-state index contributed by atoms with van der Waals surface area (Å²) in [6.45, 7) is 7.67. The van der Waals surface area contributed by atoms with Crippen molar-refractivity contribution in [1.29, 1.82) is 0 Å². The van der Waals surface area contributed by atoms with Gasteiger partial charge in [-0.1, -0.05) is 48.0 Å². The lowest BCUT2D eigenvalue weighted by Crippen LogP contribution is -2.00. The van der Waals surface area contributed by atoms with Gasteiger partial charge in [0, 0.05) is 25.7 Å². The molecule has 0 aromatic heterocycles. The van der Waals surface area contributed by atoms with E-state index in [9.17, 15) is 25.5 Å². The molecule has 0 radical (unpaired) electrons. The Balaban J connectivity index is 1.43. The lowest BCUT2D eigenvalue weighted by atomic mass is 9.91. The van der Waals surface area contributed by atoms with Gasteiger partial charge in [-0.25, -0.2) is 0 Å². The van der Waals surface area contributed by atoms with E-state index < -0.39 is 0 Å². The number of aromatic hydroxyl groups is 5. The van der Waals surface area contributed by atoms with Crippen molar-refractivity contribution in [3.63, 3.8) is 0 Å². The van der Waals surface area contributed by atoms with Crippen molar-refractivity contribution in [1.82, 2.24) is 0 Å². The Labute approximate surface area is 310 Å². The van der Waals surface area contributed by atoms with E-state index >= 15 is 0 Å². The molecule has 5 nitrogen and oxygen atoms in total. The van der Waals surface area contributed by atoms with Gasteiger partial charge >= 0.3 is 0 Å². The molecule has 0 fully saturated rings. The number of hydrogen-bond acceptors (Lipinski definition) is 5. The first-order valence-corrected chi connectivity index (χ1v) is 18.0. The van der Waals surface area contributed by atoms with Crippen LogP contribution in [0.2, 0.25) is 0 Å². The Morgan fingerprint density at radius 1 is 0.370 bits per heavy atom. The van der Waals surface area contributed by atoms with Crippen LogP contribution in [0.15, 0.2) is 60.7 Å². The van der Waals surface area contributed by atoms with Crippen LogP contribution in [0.3, 0.4) is 0 Å². The zero-order valence-electron chi connectivity index (χ0n) is 26.0. The summed E-state index contributed by atoms with van der Waals surface area (Å²) in [6, 6.07) is 19.7. The molecule has 0 bridgehead atoms. The molecule has 46 heavy (non-hydrogen) atoms. The lowest BCUT2D eigenvalue weighted by molar-refractivity contribution is 0.462. The number of halogens is 3. The van der Waals surface area contributed by atoms with Crippen molar-refractivity contribution < 1.29 is 25.5 Å². The van der Waals surface area contributed by atoms with E-state index in [-0.39, 0.29) is 28.7 Å². The summed E-state index contributed by atoms with van der Waals surface area (Å²) in [6.07, 6.45) is 2.04. The molecule has 5 aromatic rings. The molecule has 5 N–H and O–H groups in total. The van der Waals surface area contributed by atoms with Crippen LogP contribution in [-0.2, 0) is 25.7 Å². The number of rotatable bonds is 8. The Bertz CT molecular complexity index is 1800.